The Morgan fingerprint density at radius 2 is 1.57 bits per heavy atom. The fourth-order valence-corrected chi connectivity index (χ4v) is 2.10. The number of hydrogen-bond acceptors (Lipinski definition) is 2. The second-order valence-electron chi connectivity index (χ2n) is 6.23. The van der Waals surface area contributed by atoms with Crippen LogP contribution in [0.4, 0.5) is 0 Å². The first-order valence-electron chi connectivity index (χ1n) is 7.30. The maximum Gasteiger partial charge on any atom is 0.311 e. The lowest BCUT2D eigenvalue weighted by molar-refractivity contribution is -0.134. The van der Waals surface area contributed by atoms with Crippen molar-refractivity contribution in [3.05, 3.63) is 65.7 Å². The maximum absolute atomic E-state index is 11.8. The van der Waals surface area contributed by atoms with Gasteiger partial charge in [-0.2, -0.15) is 0 Å². The minimum Gasteiger partial charge on any atom is -0.427 e. The number of hydrogen-bond donors (Lipinski definition) is 0. The first-order valence-corrected chi connectivity index (χ1v) is 7.30. The Morgan fingerprint density at radius 1 is 0.952 bits per heavy atom. The number of benzene rings is 2. The Bertz CT molecular complexity index is 577. The third-order valence-corrected chi connectivity index (χ3v) is 3.41. The molecule has 0 saturated heterocycles. The molecule has 0 amide bonds. The largest absolute Gasteiger partial charge is 0.427 e. The Kier molecular flexibility index (Phi) is 4.79. The molecule has 2 aromatic carbocycles. The van der Waals surface area contributed by atoms with Crippen LogP contribution in [0.1, 0.15) is 38.3 Å². The first-order chi connectivity index (χ1) is 9.95. The Morgan fingerprint density at radius 3 is 2.14 bits per heavy atom. The van der Waals surface area contributed by atoms with Gasteiger partial charge in [0.1, 0.15) is 5.75 Å². The van der Waals surface area contributed by atoms with E-state index in [0.717, 1.165) is 5.56 Å². The Hall–Kier alpha value is -2.09. The molecule has 0 unspecified atom stereocenters. The van der Waals surface area contributed by atoms with E-state index in [1.165, 1.54) is 5.56 Å². The Balaban J connectivity index is 1.88. The fourth-order valence-electron chi connectivity index (χ4n) is 2.10. The van der Waals surface area contributed by atoms with Gasteiger partial charge in [-0.3, -0.25) is 4.79 Å². The number of carbonyl (C=O) groups excluding carboxylic acids is 1. The van der Waals surface area contributed by atoms with Gasteiger partial charge in [-0.15, -0.1) is 0 Å². The molecule has 0 spiro atoms. The average molecular weight is 282 g/mol. The molecule has 0 aliphatic rings. The van der Waals surface area contributed by atoms with Crippen LogP contribution >= 0.6 is 0 Å². The van der Waals surface area contributed by atoms with Gasteiger partial charge in [0.25, 0.3) is 0 Å². The average Bonchev–Trinajstić information content (AvgIpc) is 2.46. The van der Waals surface area contributed by atoms with Crippen LogP contribution in [-0.4, -0.2) is 5.97 Å². The van der Waals surface area contributed by atoms with Crippen LogP contribution in [0.3, 0.4) is 0 Å². The SMILES string of the molecule is CC(C)(C)c1ccc(OC(=O)CCc2ccccc2)cc1. The highest BCUT2D eigenvalue weighted by Gasteiger charge is 2.13. The predicted octanol–water partition coefficient (Wildman–Crippen LogP) is 4.52. The number of rotatable bonds is 4. The van der Waals surface area contributed by atoms with Crippen molar-refractivity contribution in [2.24, 2.45) is 0 Å². The molecule has 0 aliphatic carbocycles. The lowest BCUT2D eigenvalue weighted by Gasteiger charge is -2.19. The molecular formula is C19H22O2. The van der Waals surface area contributed by atoms with E-state index in [1.807, 2.05) is 54.6 Å². The fraction of sp³-hybridized carbons (Fsp3) is 0.316. The summed E-state index contributed by atoms with van der Waals surface area (Å²) >= 11 is 0. The monoisotopic (exact) mass is 282 g/mol. The van der Waals surface area contributed by atoms with Gasteiger partial charge in [-0.05, 0) is 35.1 Å². The minimum atomic E-state index is -0.192. The van der Waals surface area contributed by atoms with Crippen molar-refractivity contribution >= 4 is 5.97 Å². The summed E-state index contributed by atoms with van der Waals surface area (Å²) in [5.41, 5.74) is 2.49. The van der Waals surface area contributed by atoms with Gasteiger partial charge in [0.2, 0.25) is 0 Å². The zero-order valence-electron chi connectivity index (χ0n) is 12.9. The molecule has 0 saturated carbocycles. The number of ether oxygens (including phenoxy) is 1. The Labute approximate surface area is 126 Å². The highest BCUT2D eigenvalue weighted by Crippen LogP contribution is 2.24. The summed E-state index contributed by atoms with van der Waals surface area (Å²) in [7, 11) is 0. The van der Waals surface area contributed by atoms with Gasteiger partial charge < -0.3 is 4.74 Å². The molecule has 0 radical (unpaired) electrons. The zero-order chi connectivity index (χ0) is 15.3. The summed E-state index contributed by atoms with van der Waals surface area (Å²) in [6.07, 6.45) is 1.10. The van der Waals surface area contributed by atoms with Crippen molar-refractivity contribution in [2.75, 3.05) is 0 Å². The highest BCUT2D eigenvalue weighted by molar-refractivity contribution is 5.72. The van der Waals surface area contributed by atoms with Crippen molar-refractivity contribution in [3.63, 3.8) is 0 Å². The van der Waals surface area contributed by atoms with Crippen molar-refractivity contribution in [1.29, 1.82) is 0 Å². The molecule has 110 valence electrons. The first kappa shape index (κ1) is 15.3. The van der Waals surface area contributed by atoms with E-state index in [-0.39, 0.29) is 11.4 Å². The van der Waals surface area contributed by atoms with Crippen molar-refractivity contribution in [1.82, 2.24) is 0 Å². The molecule has 2 nitrogen and oxygen atoms in total. The molecular weight excluding hydrogens is 260 g/mol. The van der Waals surface area contributed by atoms with Crippen molar-refractivity contribution in [3.8, 4) is 5.75 Å². The van der Waals surface area contributed by atoms with E-state index in [9.17, 15) is 4.79 Å². The summed E-state index contributed by atoms with van der Waals surface area (Å²) in [6.45, 7) is 6.48. The summed E-state index contributed by atoms with van der Waals surface area (Å²) in [6, 6.07) is 17.7. The van der Waals surface area contributed by atoms with Crippen LogP contribution in [-0.2, 0) is 16.6 Å². The van der Waals surface area contributed by atoms with Gasteiger partial charge >= 0.3 is 5.97 Å². The van der Waals surface area contributed by atoms with E-state index in [1.54, 1.807) is 0 Å². The number of aryl methyl sites for hydroxylation is 1. The van der Waals surface area contributed by atoms with Crippen LogP contribution < -0.4 is 4.74 Å². The van der Waals surface area contributed by atoms with Crippen LogP contribution in [0.25, 0.3) is 0 Å². The molecule has 0 aromatic heterocycles. The highest BCUT2D eigenvalue weighted by atomic mass is 16.5. The molecule has 21 heavy (non-hydrogen) atoms. The summed E-state index contributed by atoms with van der Waals surface area (Å²) in [5.74, 6) is 0.420. The van der Waals surface area contributed by atoms with Crippen LogP contribution in [0.2, 0.25) is 0 Å². The summed E-state index contributed by atoms with van der Waals surface area (Å²) < 4.78 is 5.36. The van der Waals surface area contributed by atoms with Gasteiger partial charge in [-0.25, -0.2) is 0 Å². The predicted molar refractivity (Wildman–Crippen MR) is 85.5 cm³/mol. The van der Waals surface area contributed by atoms with Gasteiger partial charge in [-0.1, -0.05) is 63.2 Å². The molecule has 0 fully saturated rings. The molecule has 0 atom stereocenters. The molecule has 2 heteroatoms. The van der Waals surface area contributed by atoms with Crippen LogP contribution in [0.15, 0.2) is 54.6 Å². The maximum atomic E-state index is 11.8. The number of esters is 1. The van der Waals surface area contributed by atoms with Crippen molar-refractivity contribution < 1.29 is 9.53 Å². The van der Waals surface area contributed by atoms with Crippen LogP contribution in [0, 0.1) is 0 Å². The van der Waals surface area contributed by atoms with E-state index in [2.05, 4.69) is 20.8 Å². The third kappa shape index (κ3) is 4.75. The number of carbonyl (C=O) groups is 1. The van der Waals surface area contributed by atoms with E-state index >= 15 is 0 Å². The van der Waals surface area contributed by atoms with Crippen molar-refractivity contribution in [2.45, 2.75) is 39.0 Å². The smallest absolute Gasteiger partial charge is 0.311 e. The van der Waals surface area contributed by atoms with Gasteiger partial charge in [0.05, 0.1) is 0 Å². The topological polar surface area (TPSA) is 26.3 Å². The summed E-state index contributed by atoms with van der Waals surface area (Å²) in [5, 5.41) is 0. The molecule has 0 N–H and O–H groups in total. The lowest BCUT2D eigenvalue weighted by Crippen LogP contribution is -2.12. The van der Waals surface area contributed by atoms with Gasteiger partial charge in [0.15, 0.2) is 0 Å². The minimum absolute atomic E-state index is 0.107. The normalized spacial score (nSPS) is 11.2. The standard InChI is InChI=1S/C19H22O2/c1-19(2,3)16-10-12-17(13-11-16)21-18(20)14-9-15-7-5-4-6-8-15/h4-8,10-13H,9,14H2,1-3H3. The molecule has 2 rings (SSSR count). The molecule has 0 bridgehead atoms. The summed E-state index contributed by atoms with van der Waals surface area (Å²) in [4.78, 5) is 11.8. The zero-order valence-corrected chi connectivity index (χ0v) is 12.9. The van der Waals surface area contributed by atoms with E-state index in [4.69, 9.17) is 4.74 Å². The molecule has 0 aliphatic heterocycles. The van der Waals surface area contributed by atoms with E-state index in [0.29, 0.717) is 18.6 Å². The second kappa shape index (κ2) is 6.57. The third-order valence-electron chi connectivity index (χ3n) is 3.41. The van der Waals surface area contributed by atoms with Gasteiger partial charge in [0, 0.05) is 6.42 Å². The molecule has 2 aromatic rings. The second-order valence-corrected chi connectivity index (χ2v) is 6.23. The quantitative estimate of drug-likeness (QED) is 0.608. The lowest BCUT2D eigenvalue weighted by atomic mass is 9.87. The molecule has 0 heterocycles. The van der Waals surface area contributed by atoms with E-state index < -0.39 is 0 Å². The van der Waals surface area contributed by atoms with Crippen LogP contribution in [0.5, 0.6) is 5.75 Å².